The molecule has 0 saturated heterocycles. The Labute approximate surface area is 90.6 Å². The largest absolute Gasteiger partial charge is 0.380 e. The van der Waals surface area contributed by atoms with Crippen LogP contribution in [0.15, 0.2) is 29.8 Å². The SMILES string of the molecule is COCc1cccc(/C=C(\C)C(C)=O)c1. The van der Waals surface area contributed by atoms with Crippen LogP contribution in [0.5, 0.6) is 0 Å². The monoisotopic (exact) mass is 204 g/mol. The van der Waals surface area contributed by atoms with E-state index in [1.54, 1.807) is 14.0 Å². The topological polar surface area (TPSA) is 26.3 Å². The van der Waals surface area contributed by atoms with E-state index < -0.39 is 0 Å². The zero-order valence-electron chi connectivity index (χ0n) is 9.41. The van der Waals surface area contributed by atoms with Crippen LogP contribution in [0.25, 0.3) is 6.08 Å². The normalized spacial score (nSPS) is 11.5. The van der Waals surface area contributed by atoms with Crippen molar-refractivity contribution in [2.45, 2.75) is 20.5 Å². The first-order chi connectivity index (χ1) is 7.13. The molecule has 0 amide bonds. The van der Waals surface area contributed by atoms with Crippen molar-refractivity contribution in [2.75, 3.05) is 7.11 Å². The molecule has 0 aliphatic heterocycles. The zero-order chi connectivity index (χ0) is 11.3. The number of allylic oxidation sites excluding steroid dienone is 1. The highest BCUT2D eigenvalue weighted by Gasteiger charge is 1.97. The van der Waals surface area contributed by atoms with Crippen LogP contribution >= 0.6 is 0 Å². The molecule has 0 aliphatic carbocycles. The maximum Gasteiger partial charge on any atom is 0.155 e. The van der Waals surface area contributed by atoms with Gasteiger partial charge in [-0.25, -0.2) is 0 Å². The maximum absolute atomic E-state index is 11.1. The predicted molar refractivity (Wildman–Crippen MR) is 61.5 cm³/mol. The number of benzene rings is 1. The lowest BCUT2D eigenvalue weighted by molar-refractivity contribution is -0.113. The van der Waals surface area contributed by atoms with E-state index in [0.717, 1.165) is 16.7 Å². The minimum absolute atomic E-state index is 0.104. The second-order valence-electron chi connectivity index (χ2n) is 3.56. The Hall–Kier alpha value is -1.41. The molecule has 0 aromatic heterocycles. The average Bonchev–Trinajstić information content (AvgIpc) is 2.18. The Kier molecular flexibility index (Phi) is 4.25. The molecule has 0 aliphatic rings. The van der Waals surface area contributed by atoms with Crippen molar-refractivity contribution < 1.29 is 9.53 Å². The molecule has 80 valence electrons. The van der Waals surface area contributed by atoms with Gasteiger partial charge in [-0.05, 0) is 42.7 Å². The summed E-state index contributed by atoms with van der Waals surface area (Å²) in [5.41, 5.74) is 2.92. The Balaban J connectivity index is 2.91. The molecule has 0 atom stereocenters. The molecule has 0 unspecified atom stereocenters. The van der Waals surface area contributed by atoms with E-state index in [1.165, 1.54) is 0 Å². The molecule has 0 fully saturated rings. The Morgan fingerprint density at radius 2 is 2.13 bits per heavy atom. The fraction of sp³-hybridized carbons (Fsp3) is 0.308. The number of carbonyl (C=O) groups excluding carboxylic acids is 1. The van der Waals surface area contributed by atoms with Gasteiger partial charge in [0.1, 0.15) is 0 Å². The molecular formula is C13H16O2. The molecular weight excluding hydrogens is 188 g/mol. The summed E-state index contributed by atoms with van der Waals surface area (Å²) in [4.78, 5) is 11.1. The van der Waals surface area contributed by atoms with Crippen LogP contribution in [0.2, 0.25) is 0 Å². The number of methoxy groups -OCH3 is 1. The predicted octanol–water partition coefficient (Wildman–Crippen LogP) is 2.83. The minimum Gasteiger partial charge on any atom is -0.380 e. The molecule has 0 N–H and O–H groups in total. The molecule has 2 heteroatoms. The van der Waals surface area contributed by atoms with Crippen molar-refractivity contribution in [1.82, 2.24) is 0 Å². The Morgan fingerprint density at radius 3 is 2.73 bits per heavy atom. The summed E-state index contributed by atoms with van der Waals surface area (Å²) in [5, 5.41) is 0. The Bertz CT molecular complexity index is 378. The molecule has 0 heterocycles. The lowest BCUT2D eigenvalue weighted by atomic mass is 10.1. The number of ether oxygens (including phenoxy) is 1. The van der Waals surface area contributed by atoms with Gasteiger partial charge in [-0.3, -0.25) is 4.79 Å². The summed E-state index contributed by atoms with van der Waals surface area (Å²) in [5.74, 6) is 0.104. The van der Waals surface area contributed by atoms with Gasteiger partial charge in [-0.15, -0.1) is 0 Å². The highest BCUT2D eigenvalue weighted by atomic mass is 16.5. The van der Waals surface area contributed by atoms with E-state index in [4.69, 9.17) is 4.74 Å². The number of carbonyl (C=O) groups is 1. The fourth-order valence-electron chi connectivity index (χ4n) is 1.29. The van der Waals surface area contributed by atoms with Crippen LogP contribution in [0, 0.1) is 0 Å². The van der Waals surface area contributed by atoms with Crippen LogP contribution in [0.4, 0.5) is 0 Å². The van der Waals surface area contributed by atoms with Gasteiger partial charge in [0.2, 0.25) is 0 Å². The summed E-state index contributed by atoms with van der Waals surface area (Å²) in [7, 11) is 1.67. The summed E-state index contributed by atoms with van der Waals surface area (Å²) < 4.78 is 5.05. The number of ketones is 1. The van der Waals surface area contributed by atoms with E-state index in [-0.39, 0.29) is 5.78 Å². The van der Waals surface area contributed by atoms with Gasteiger partial charge in [0.25, 0.3) is 0 Å². The summed E-state index contributed by atoms with van der Waals surface area (Å²) >= 11 is 0. The number of hydrogen-bond donors (Lipinski definition) is 0. The van der Waals surface area contributed by atoms with Gasteiger partial charge in [0.15, 0.2) is 5.78 Å². The van der Waals surface area contributed by atoms with E-state index in [9.17, 15) is 4.79 Å². The Morgan fingerprint density at radius 1 is 1.40 bits per heavy atom. The van der Waals surface area contributed by atoms with Gasteiger partial charge in [0, 0.05) is 7.11 Å². The summed E-state index contributed by atoms with van der Waals surface area (Å²) in [6, 6.07) is 7.97. The van der Waals surface area contributed by atoms with Crippen molar-refractivity contribution >= 4 is 11.9 Å². The van der Waals surface area contributed by atoms with Gasteiger partial charge >= 0.3 is 0 Å². The lowest BCUT2D eigenvalue weighted by Crippen LogP contribution is -1.92. The van der Waals surface area contributed by atoms with E-state index >= 15 is 0 Å². The van der Waals surface area contributed by atoms with E-state index in [1.807, 2.05) is 37.3 Å². The highest BCUT2D eigenvalue weighted by Crippen LogP contribution is 2.10. The van der Waals surface area contributed by atoms with Crippen LogP contribution in [0.1, 0.15) is 25.0 Å². The van der Waals surface area contributed by atoms with Crippen molar-refractivity contribution in [2.24, 2.45) is 0 Å². The summed E-state index contributed by atoms with van der Waals surface area (Å²) in [6.45, 7) is 4.00. The second kappa shape index (κ2) is 5.47. The van der Waals surface area contributed by atoms with Gasteiger partial charge in [-0.2, -0.15) is 0 Å². The van der Waals surface area contributed by atoms with E-state index in [2.05, 4.69) is 0 Å². The first-order valence-electron chi connectivity index (χ1n) is 4.90. The van der Waals surface area contributed by atoms with Crippen molar-refractivity contribution in [3.8, 4) is 0 Å². The van der Waals surface area contributed by atoms with Gasteiger partial charge < -0.3 is 4.74 Å². The third-order valence-corrected chi connectivity index (χ3v) is 2.20. The van der Waals surface area contributed by atoms with Gasteiger partial charge in [-0.1, -0.05) is 18.2 Å². The maximum atomic E-state index is 11.1. The number of rotatable bonds is 4. The fourth-order valence-corrected chi connectivity index (χ4v) is 1.29. The van der Waals surface area contributed by atoms with Crippen molar-refractivity contribution in [3.63, 3.8) is 0 Å². The van der Waals surface area contributed by atoms with Gasteiger partial charge in [0.05, 0.1) is 6.61 Å². The van der Waals surface area contributed by atoms with Crippen molar-refractivity contribution in [3.05, 3.63) is 41.0 Å². The molecule has 1 aromatic rings. The highest BCUT2D eigenvalue weighted by molar-refractivity contribution is 5.97. The van der Waals surface area contributed by atoms with Crippen molar-refractivity contribution in [1.29, 1.82) is 0 Å². The van der Waals surface area contributed by atoms with E-state index in [0.29, 0.717) is 6.61 Å². The molecule has 1 aromatic carbocycles. The summed E-state index contributed by atoms with van der Waals surface area (Å²) in [6.07, 6.45) is 1.89. The molecule has 2 nitrogen and oxygen atoms in total. The quantitative estimate of drug-likeness (QED) is 0.705. The average molecular weight is 204 g/mol. The molecule has 0 spiro atoms. The molecule has 0 bridgehead atoms. The molecule has 15 heavy (non-hydrogen) atoms. The first-order valence-corrected chi connectivity index (χ1v) is 4.90. The number of Topliss-reactive ketones (excluding diaryl/α,β-unsaturated/α-hetero) is 1. The van der Waals surface area contributed by atoms with Crippen LogP contribution in [0.3, 0.4) is 0 Å². The third-order valence-electron chi connectivity index (χ3n) is 2.20. The third kappa shape index (κ3) is 3.68. The smallest absolute Gasteiger partial charge is 0.155 e. The zero-order valence-corrected chi connectivity index (χ0v) is 9.41. The lowest BCUT2D eigenvalue weighted by Gasteiger charge is -2.01. The molecule has 0 radical (unpaired) electrons. The molecule has 1 rings (SSSR count). The standard InChI is InChI=1S/C13H16O2/c1-10(11(2)14)7-12-5-4-6-13(8-12)9-15-3/h4-8H,9H2,1-3H3/b10-7+. The number of hydrogen-bond acceptors (Lipinski definition) is 2. The first kappa shape index (κ1) is 11.7. The minimum atomic E-state index is 0.104. The van der Waals surface area contributed by atoms with Crippen LogP contribution in [-0.4, -0.2) is 12.9 Å². The molecule has 0 saturated carbocycles. The van der Waals surface area contributed by atoms with Crippen LogP contribution < -0.4 is 0 Å². The second-order valence-corrected chi connectivity index (χ2v) is 3.56. The van der Waals surface area contributed by atoms with Crippen LogP contribution in [-0.2, 0) is 16.1 Å².